The number of ether oxygens (including phenoxy) is 2. The quantitative estimate of drug-likeness (QED) is 0.0373. The Morgan fingerprint density at radius 3 is 0.707 bits per heavy atom. The Hall–Kier alpha value is -2.40. The van der Waals surface area contributed by atoms with E-state index in [1.54, 1.807) is 0 Å². The molecular weight excluding hydrogens is 1120 g/mol. The normalized spacial score (nSPS) is 12.4. The minimum Gasteiger partial charge on any atom is -0.462 e. The van der Waals surface area contributed by atoms with Crippen molar-refractivity contribution in [1.29, 1.82) is 0 Å². The van der Waals surface area contributed by atoms with Gasteiger partial charge >= 0.3 is 11.9 Å². The first-order valence-corrected chi connectivity index (χ1v) is 41.8. The van der Waals surface area contributed by atoms with Crippen LogP contribution in [-0.4, -0.2) is 36.4 Å². The summed E-state index contributed by atoms with van der Waals surface area (Å²) in [5, 5.41) is 9.74. The second-order valence-corrected chi connectivity index (χ2v) is 28.5. The Balaban J connectivity index is 3.35. The molecule has 0 amide bonds. The smallest absolute Gasteiger partial charge is 0.306 e. The molecule has 5 heteroatoms. The van der Waals surface area contributed by atoms with E-state index in [1.807, 2.05) is 0 Å². The van der Waals surface area contributed by atoms with E-state index in [2.05, 4.69) is 74.6 Å². The van der Waals surface area contributed by atoms with Gasteiger partial charge < -0.3 is 14.6 Å². The summed E-state index contributed by atoms with van der Waals surface area (Å²) in [6.45, 7) is 4.10. The van der Waals surface area contributed by atoms with E-state index in [4.69, 9.17) is 9.47 Å². The van der Waals surface area contributed by atoms with Crippen LogP contribution in [0.3, 0.4) is 0 Å². The van der Waals surface area contributed by atoms with E-state index in [1.165, 1.54) is 372 Å². The maximum atomic E-state index is 12.4. The molecule has 0 aromatic heterocycles. The van der Waals surface area contributed by atoms with Gasteiger partial charge in [-0.2, -0.15) is 0 Å². The van der Waals surface area contributed by atoms with Crippen LogP contribution in [0.25, 0.3) is 0 Å². The van der Waals surface area contributed by atoms with Gasteiger partial charge in [0.25, 0.3) is 0 Å². The van der Waals surface area contributed by atoms with Gasteiger partial charge in [-0.25, -0.2) is 0 Å². The van der Waals surface area contributed by atoms with Crippen molar-refractivity contribution >= 4 is 11.9 Å². The molecule has 0 saturated heterocycles. The Labute approximate surface area is 576 Å². The first-order chi connectivity index (χ1) is 45.6. The van der Waals surface area contributed by atoms with Crippen LogP contribution in [0, 0.1) is 0 Å². The van der Waals surface area contributed by atoms with Gasteiger partial charge in [0.05, 0.1) is 6.61 Å². The summed E-state index contributed by atoms with van der Waals surface area (Å²) < 4.78 is 10.8. The fourth-order valence-corrected chi connectivity index (χ4v) is 13.1. The van der Waals surface area contributed by atoms with Gasteiger partial charge in [0.2, 0.25) is 0 Å². The monoisotopic (exact) mass is 1290 g/mol. The number of aliphatic hydroxyl groups is 1. The predicted octanol–water partition coefficient (Wildman–Crippen LogP) is 29.6. The SMILES string of the molecule is CC/C=C\C/C=C\C/C=C\C/C=C\C/C=C\CCCCCCCCCCCCCCCCCCCCCCCCCCCC(=O)OC(CO)COC(=O)CCCCCCCCCCCCCCCCCCCCCCCCCCCCCCCCCCCCCCC. The molecule has 0 aliphatic rings. The largest absolute Gasteiger partial charge is 0.462 e. The molecular formula is C87H162O5. The van der Waals surface area contributed by atoms with Gasteiger partial charge in [-0.15, -0.1) is 0 Å². The molecule has 0 saturated carbocycles. The summed E-state index contributed by atoms with van der Waals surface area (Å²) >= 11 is 0. The Morgan fingerprint density at radius 2 is 0.467 bits per heavy atom. The molecule has 0 bridgehead atoms. The van der Waals surface area contributed by atoms with Crippen molar-refractivity contribution in [3.8, 4) is 0 Å². The molecule has 0 aliphatic carbocycles. The molecule has 540 valence electrons. The Bertz CT molecular complexity index is 1560. The van der Waals surface area contributed by atoms with Crippen LogP contribution in [0.4, 0.5) is 0 Å². The van der Waals surface area contributed by atoms with Crippen molar-refractivity contribution in [2.24, 2.45) is 0 Å². The lowest BCUT2D eigenvalue weighted by Crippen LogP contribution is -2.28. The van der Waals surface area contributed by atoms with Crippen molar-refractivity contribution in [2.45, 2.75) is 469 Å². The van der Waals surface area contributed by atoms with Gasteiger partial charge in [0.15, 0.2) is 6.10 Å². The van der Waals surface area contributed by atoms with Gasteiger partial charge in [0, 0.05) is 12.8 Å². The van der Waals surface area contributed by atoms with E-state index < -0.39 is 6.10 Å². The van der Waals surface area contributed by atoms with Gasteiger partial charge in [0.1, 0.15) is 6.61 Å². The number of hydrogen-bond donors (Lipinski definition) is 1. The molecule has 0 rings (SSSR count). The van der Waals surface area contributed by atoms with Crippen molar-refractivity contribution in [3.05, 3.63) is 60.8 Å². The highest BCUT2D eigenvalue weighted by Crippen LogP contribution is 2.21. The zero-order valence-electron chi connectivity index (χ0n) is 62.3. The fraction of sp³-hybridized carbons (Fsp3) is 0.862. The molecule has 1 atom stereocenters. The number of rotatable bonds is 79. The maximum Gasteiger partial charge on any atom is 0.306 e. The average Bonchev–Trinajstić information content (AvgIpc) is 3.64. The summed E-state index contributed by atoms with van der Waals surface area (Å²) in [6, 6.07) is 0. The highest BCUT2D eigenvalue weighted by atomic mass is 16.6. The van der Waals surface area contributed by atoms with Crippen LogP contribution in [0.2, 0.25) is 0 Å². The van der Waals surface area contributed by atoms with Gasteiger partial charge in [-0.3, -0.25) is 9.59 Å². The third-order valence-corrected chi connectivity index (χ3v) is 19.3. The molecule has 0 aliphatic heterocycles. The van der Waals surface area contributed by atoms with Crippen LogP contribution in [0.1, 0.15) is 463 Å². The van der Waals surface area contributed by atoms with Crippen molar-refractivity contribution < 1.29 is 24.2 Å². The second kappa shape index (κ2) is 82.8. The minimum atomic E-state index is -0.771. The van der Waals surface area contributed by atoms with E-state index in [0.29, 0.717) is 12.8 Å². The molecule has 5 nitrogen and oxygen atoms in total. The van der Waals surface area contributed by atoms with Crippen LogP contribution in [0.5, 0.6) is 0 Å². The van der Waals surface area contributed by atoms with E-state index >= 15 is 0 Å². The van der Waals surface area contributed by atoms with Gasteiger partial charge in [-0.1, -0.05) is 453 Å². The average molecular weight is 1290 g/mol. The predicted molar refractivity (Wildman–Crippen MR) is 408 cm³/mol. The number of esters is 2. The number of unbranched alkanes of at least 4 members (excludes halogenated alkanes) is 61. The van der Waals surface area contributed by atoms with Crippen molar-refractivity contribution in [3.63, 3.8) is 0 Å². The topological polar surface area (TPSA) is 72.8 Å². The summed E-state index contributed by atoms with van der Waals surface area (Å²) in [7, 11) is 0. The van der Waals surface area contributed by atoms with E-state index in [-0.39, 0.29) is 25.2 Å². The Morgan fingerprint density at radius 1 is 0.261 bits per heavy atom. The third kappa shape index (κ3) is 80.0. The lowest BCUT2D eigenvalue weighted by atomic mass is 10.0. The number of hydrogen-bond acceptors (Lipinski definition) is 5. The zero-order valence-corrected chi connectivity index (χ0v) is 62.3. The Kier molecular flexibility index (Phi) is 80.7. The maximum absolute atomic E-state index is 12.4. The molecule has 0 heterocycles. The fourth-order valence-electron chi connectivity index (χ4n) is 13.1. The molecule has 0 aromatic carbocycles. The van der Waals surface area contributed by atoms with Crippen LogP contribution >= 0.6 is 0 Å². The molecule has 1 N–H and O–H groups in total. The summed E-state index contributed by atoms with van der Waals surface area (Å²) in [5.41, 5.74) is 0. The number of carbonyl (C=O) groups is 2. The summed E-state index contributed by atoms with van der Waals surface area (Å²) in [4.78, 5) is 24.7. The standard InChI is InChI=1S/C87H162O5/c1-3-5-7-9-11-13-15-17-19-21-23-25-27-29-31-33-35-37-39-41-42-43-44-46-48-50-52-54-56-58-60-62-64-66-68-70-72-74-76-78-80-82-87(90)92-85(83-88)84-91-86(89)81-79-77-75-73-71-69-67-65-63-61-59-57-55-53-51-49-47-45-40-38-36-34-32-30-28-26-24-22-20-18-16-14-12-10-8-6-4-2/h5,7,11,13,17,19,23,25,29,31,85,88H,3-4,6,8-10,12,14-16,18,20-22,24,26-28,30,32-84H2,1-2H3/b7-5-,13-11-,19-17-,25-23-,31-29-. The zero-order chi connectivity index (χ0) is 66.1. The molecule has 0 spiro atoms. The highest BCUT2D eigenvalue weighted by Gasteiger charge is 2.16. The number of aliphatic hydroxyl groups excluding tert-OH is 1. The third-order valence-electron chi connectivity index (χ3n) is 19.3. The van der Waals surface area contributed by atoms with Crippen molar-refractivity contribution in [2.75, 3.05) is 13.2 Å². The summed E-state index contributed by atoms with van der Waals surface area (Å²) in [6.07, 6.45) is 115. The summed E-state index contributed by atoms with van der Waals surface area (Å²) in [5.74, 6) is -0.561. The molecule has 1 unspecified atom stereocenters. The molecule has 0 aromatic rings. The van der Waals surface area contributed by atoms with Crippen molar-refractivity contribution in [1.82, 2.24) is 0 Å². The van der Waals surface area contributed by atoms with Crippen LogP contribution < -0.4 is 0 Å². The van der Waals surface area contributed by atoms with Gasteiger partial charge in [-0.05, 0) is 57.8 Å². The lowest BCUT2D eigenvalue weighted by Gasteiger charge is -2.15. The first kappa shape index (κ1) is 89.6. The molecule has 92 heavy (non-hydrogen) atoms. The number of allylic oxidation sites excluding steroid dienone is 10. The van der Waals surface area contributed by atoms with Crippen LogP contribution in [-0.2, 0) is 19.1 Å². The molecule has 0 radical (unpaired) electrons. The number of carbonyl (C=O) groups excluding carboxylic acids is 2. The van der Waals surface area contributed by atoms with E-state index in [0.717, 1.165) is 64.2 Å². The first-order valence-electron chi connectivity index (χ1n) is 41.8. The minimum absolute atomic E-state index is 0.0585. The lowest BCUT2D eigenvalue weighted by molar-refractivity contribution is -0.161. The van der Waals surface area contributed by atoms with E-state index in [9.17, 15) is 14.7 Å². The van der Waals surface area contributed by atoms with Crippen LogP contribution in [0.15, 0.2) is 60.8 Å². The highest BCUT2D eigenvalue weighted by molar-refractivity contribution is 5.70. The second-order valence-electron chi connectivity index (χ2n) is 28.5. The molecule has 0 fully saturated rings.